The van der Waals surface area contributed by atoms with E-state index in [-0.39, 0.29) is 11.9 Å². The van der Waals surface area contributed by atoms with Crippen molar-refractivity contribution in [2.45, 2.75) is 25.6 Å². The number of carbonyl (C=O) groups is 1. The van der Waals surface area contributed by atoms with Gasteiger partial charge < -0.3 is 10.2 Å². The summed E-state index contributed by atoms with van der Waals surface area (Å²) in [5, 5.41) is 3.03. The van der Waals surface area contributed by atoms with E-state index in [0.717, 1.165) is 12.1 Å². The third kappa shape index (κ3) is 3.07. The molecule has 1 N–H and O–H groups in total. The molecule has 1 atom stereocenters. The minimum atomic E-state index is -4.39. The van der Waals surface area contributed by atoms with Crippen LogP contribution >= 0.6 is 0 Å². The highest BCUT2D eigenvalue weighted by molar-refractivity contribution is 5.97. The van der Waals surface area contributed by atoms with Crippen LogP contribution in [0.1, 0.15) is 18.9 Å². The van der Waals surface area contributed by atoms with Crippen LogP contribution in [0.4, 0.5) is 18.9 Å². The maximum Gasteiger partial charge on any atom is 0.416 e. The fourth-order valence-corrected chi connectivity index (χ4v) is 2.09. The molecule has 0 saturated carbocycles. The number of alkyl halides is 3. The minimum absolute atomic E-state index is 0.197. The van der Waals surface area contributed by atoms with E-state index in [0.29, 0.717) is 25.2 Å². The molecule has 1 aromatic carbocycles. The lowest BCUT2D eigenvalue weighted by molar-refractivity contribution is -0.137. The number of carbonyl (C=O) groups excluding carboxylic acids is 1. The molecule has 104 valence electrons. The summed E-state index contributed by atoms with van der Waals surface area (Å²) in [5.74, 6) is -0.197. The third-order valence-electron chi connectivity index (χ3n) is 3.13. The molecule has 1 amide bonds. The van der Waals surface area contributed by atoms with Gasteiger partial charge in [-0.3, -0.25) is 4.79 Å². The Morgan fingerprint density at radius 3 is 2.79 bits per heavy atom. The maximum absolute atomic E-state index is 12.7. The molecule has 0 aromatic heterocycles. The second-order valence-electron chi connectivity index (χ2n) is 4.57. The molecule has 1 unspecified atom stereocenters. The van der Waals surface area contributed by atoms with Gasteiger partial charge in [0.1, 0.15) is 0 Å². The van der Waals surface area contributed by atoms with Gasteiger partial charge in [-0.25, -0.2) is 0 Å². The molecule has 1 saturated heterocycles. The molecule has 0 spiro atoms. The molecule has 0 bridgehead atoms. The van der Waals surface area contributed by atoms with E-state index >= 15 is 0 Å². The number of anilines is 1. The molecule has 19 heavy (non-hydrogen) atoms. The van der Waals surface area contributed by atoms with Gasteiger partial charge in [-0.1, -0.05) is 6.07 Å². The fourth-order valence-electron chi connectivity index (χ4n) is 2.09. The summed E-state index contributed by atoms with van der Waals surface area (Å²) in [4.78, 5) is 13.5. The Morgan fingerprint density at radius 1 is 1.37 bits per heavy atom. The number of benzene rings is 1. The largest absolute Gasteiger partial charge is 0.416 e. The molecular formula is C13H15F3N2O. The molecule has 1 fully saturated rings. The standard InChI is InChI=1S/C13H15F3N2O/c1-9-12(19)18(7-3-6-17-9)11-5-2-4-10(8-11)13(14,15)16/h2,4-5,8-9,17H,3,6-7H2,1H3. The number of halogens is 3. The molecule has 1 aromatic rings. The van der Waals surface area contributed by atoms with Crippen LogP contribution in [-0.2, 0) is 11.0 Å². The highest BCUT2D eigenvalue weighted by atomic mass is 19.4. The number of rotatable bonds is 1. The van der Waals surface area contributed by atoms with Crippen molar-refractivity contribution >= 4 is 11.6 Å². The second-order valence-corrected chi connectivity index (χ2v) is 4.57. The summed E-state index contributed by atoms with van der Waals surface area (Å²) < 4.78 is 38.0. The summed E-state index contributed by atoms with van der Waals surface area (Å²) in [7, 11) is 0. The van der Waals surface area contributed by atoms with Crippen molar-refractivity contribution < 1.29 is 18.0 Å². The van der Waals surface area contributed by atoms with Gasteiger partial charge in [-0.2, -0.15) is 13.2 Å². The van der Waals surface area contributed by atoms with Gasteiger partial charge >= 0.3 is 6.18 Å². The zero-order valence-electron chi connectivity index (χ0n) is 10.5. The first-order valence-corrected chi connectivity index (χ1v) is 6.11. The van der Waals surface area contributed by atoms with Crippen LogP contribution in [0, 0.1) is 0 Å². The average Bonchev–Trinajstić information content (AvgIpc) is 2.52. The quantitative estimate of drug-likeness (QED) is 0.851. The summed E-state index contributed by atoms with van der Waals surface area (Å²) in [6, 6.07) is 4.51. The van der Waals surface area contributed by atoms with E-state index in [1.807, 2.05) is 0 Å². The van der Waals surface area contributed by atoms with Gasteiger partial charge in [-0.05, 0) is 38.1 Å². The number of nitrogens with zero attached hydrogens (tertiary/aromatic N) is 1. The third-order valence-corrected chi connectivity index (χ3v) is 3.13. The van der Waals surface area contributed by atoms with Crippen molar-refractivity contribution in [2.75, 3.05) is 18.0 Å². The van der Waals surface area contributed by atoms with Crippen molar-refractivity contribution in [3.8, 4) is 0 Å². The van der Waals surface area contributed by atoms with Crippen LogP contribution in [-0.4, -0.2) is 25.0 Å². The number of hydrogen-bond donors (Lipinski definition) is 1. The number of nitrogens with one attached hydrogen (secondary N) is 1. The molecule has 0 aliphatic carbocycles. The molecule has 1 aliphatic rings. The van der Waals surface area contributed by atoms with E-state index in [1.54, 1.807) is 6.92 Å². The number of hydrogen-bond acceptors (Lipinski definition) is 2. The minimum Gasteiger partial charge on any atom is -0.311 e. The molecule has 2 rings (SSSR count). The van der Waals surface area contributed by atoms with Gasteiger partial charge in [0.25, 0.3) is 0 Å². The fraction of sp³-hybridized carbons (Fsp3) is 0.462. The lowest BCUT2D eigenvalue weighted by atomic mass is 10.1. The first-order chi connectivity index (χ1) is 8.89. The van der Waals surface area contributed by atoms with Gasteiger partial charge in [0.05, 0.1) is 11.6 Å². The molecule has 3 nitrogen and oxygen atoms in total. The lowest BCUT2D eigenvalue weighted by Crippen LogP contribution is -2.41. The molecule has 0 radical (unpaired) electrons. The van der Waals surface area contributed by atoms with Crippen molar-refractivity contribution in [3.63, 3.8) is 0 Å². The Bertz CT molecular complexity index is 473. The van der Waals surface area contributed by atoms with E-state index in [1.165, 1.54) is 17.0 Å². The molecule has 1 heterocycles. The highest BCUT2D eigenvalue weighted by Gasteiger charge is 2.32. The zero-order valence-corrected chi connectivity index (χ0v) is 10.5. The monoisotopic (exact) mass is 272 g/mol. The summed E-state index contributed by atoms with van der Waals surface area (Å²) in [6.07, 6.45) is -3.68. The number of amides is 1. The van der Waals surface area contributed by atoms with Crippen molar-refractivity contribution in [1.82, 2.24) is 5.32 Å². The van der Waals surface area contributed by atoms with Gasteiger partial charge in [0.15, 0.2) is 0 Å². The Kier molecular flexibility index (Phi) is 3.80. The predicted octanol–water partition coefficient (Wildman–Crippen LogP) is 2.42. The Labute approximate surface area is 109 Å². The van der Waals surface area contributed by atoms with Crippen LogP contribution in [0.2, 0.25) is 0 Å². The maximum atomic E-state index is 12.7. The van der Waals surface area contributed by atoms with Gasteiger partial charge in [0.2, 0.25) is 5.91 Å². The highest BCUT2D eigenvalue weighted by Crippen LogP contribution is 2.32. The Balaban J connectivity index is 2.32. The topological polar surface area (TPSA) is 32.3 Å². The predicted molar refractivity (Wildman–Crippen MR) is 65.9 cm³/mol. The smallest absolute Gasteiger partial charge is 0.311 e. The van der Waals surface area contributed by atoms with Crippen LogP contribution < -0.4 is 10.2 Å². The van der Waals surface area contributed by atoms with Crippen molar-refractivity contribution in [2.24, 2.45) is 0 Å². The summed E-state index contributed by atoms with van der Waals surface area (Å²) in [6.45, 7) is 2.83. The SMILES string of the molecule is CC1NCCCN(c2cccc(C(F)(F)F)c2)C1=O. The Morgan fingerprint density at radius 2 is 2.11 bits per heavy atom. The normalized spacial score (nSPS) is 21.4. The van der Waals surface area contributed by atoms with Gasteiger partial charge in [0, 0.05) is 12.2 Å². The summed E-state index contributed by atoms with van der Waals surface area (Å²) in [5.41, 5.74) is -0.432. The van der Waals surface area contributed by atoms with Crippen molar-refractivity contribution in [1.29, 1.82) is 0 Å². The second kappa shape index (κ2) is 5.21. The average molecular weight is 272 g/mol. The van der Waals surface area contributed by atoms with E-state index in [9.17, 15) is 18.0 Å². The van der Waals surface area contributed by atoms with E-state index in [2.05, 4.69) is 5.32 Å². The first kappa shape index (κ1) is 13.9. The zero-order chi connectivity index (χ0) is 14.0. The Hall–Kier alpha value is -1.56. The van der Waals surface area contributed by atoms with Crippen LogP contribution in [0.15, 0.2) is 24.3 Å². The summed E-state index contributed by atoms with van der Waals surface area (Å²) >= 11 is 0. The van der Waals surface area contributed by atoms with Crippen LogP contribution in [0.3, 0.4) is 0 Å². The van der Waals surface area contributed by atoms with E-state index in [4.69, 9.17) is 0 Å². The van der Waals surface area contributed by atoms with Crippen LogP contribution in [0.5, 0.6) is 0 Å². The van der Waals surface area contributed by atoms with Crippen LogP contribution in [0.25, 0.3) is 0 Å². The molecular weight excluding hydrogens is 257 g/mol. The van der Waals surface area contributed by atoms with Crippen molar-refractivity contribution in [3.05, 3.63) is 29.8 Å². The first-order valence-electron chi connectivity index (χ1n) is 6.11. The van der Waals surface area contributed by atoms with Gasteiger partial charge in [-0.15, -0.1) is 0 Å². The molecule has 6 heteroatoms. The molecule has 1 aliphatic heterocycles. The van der Waals surface area contributed by atoms with E-state index < -0.39 is 11.7 Å². The lowest BCUT2D eigenvalue weighted by Gasteiger charge is -2.23.